The molecule has 2 aliphatic heterocycles. The number of hydrogen-bond acceptors (Lipinski definition) is 3. The molecule has 0 saturated carbocycles. The van der Waals surface area contributed by atoms with Crippen LogP contribution in [0.2, 0.25) is 0 Å². The minimum atomic E-state index is -0.167. The molecule has 0 aliphatic carbocycles. The van der Waals surface area contributed by atoms with E-state index < -0.39 is 0 Å². The summed E-state index contributed by atoms with van der Waals surface area (Å²) < 4.78 is 0. The van der Waals surface area contributed by atoms with E-state index in [0.717, 1.165) is 31.7 Å². The van der Waals surface area contributed by atoms with Gasteiger partial charge in [-0.15, -0.1) is 12.4 Å². The molecule has 1 unspecified atom stereocenters. The summed E-state index contributed by atoms with van der Waals surface area (Å²) in [5, 5.41) is 3.24. The van der Waals surface area contributed by atoms with Crippen LogP contribution in [0.1, 0.15) is 12.0 Å². The first-order chi connectivity index (χ1) is 10.2. The highest BCUT2D eigenvalue weighted by atomic mass is 35.5. The average Bonchev–Trinajstić information content (AvgIpc) is 2.89. The topological polar surface area (TPSA) is 52.7 Å². The second kappa shape index (κ2) is 7.61. The maximum absolute atomic E-state index is 12.5. The lowest BCUT2D eigenvalue weighted by atomic mass is 10.1. The van der Waals surface area contributed by atoms with Gasteiger partial charge in [0.25, 0.3) is 0 Å². The molecule has 0 radical (unpaired) electrons. The van der Waals surface area contributed by atoms with Gasteiger partial charge in [-0.25, -0.2) is 0 Å². The quantitative estimate of drug-likeness (QED) is 0.899. The maximum Gasteiger partial charge on any atom is 0.228 e. The van der Waals surface area contributed by atoms with Crippen LogP contribution in [0.3, 0.4) is 0 Å². The lowest BCUT2D eigenvalue weighted by molar-refractivity contribution is -0.136. The Balaban J connectivity index is 0.00000176. The third kappa shape index (κ3) is 3.78. The van der Waals surface area contributed by atoms with E-state index in [1.165, 1.54) is 0 Å². The van der Waals surface area contributed by atoms with Gasteiger partial charge < -0.3 is 15.1 Å². The van der Waals surface area contributed by atoms with Crippen molar-refractivity contribution in [1.29, 1.82) is 0 Å². The Kier molecular flexibility index (Phi) is 5.80. The van der Waals surface area contributed by atoms with Gasteiger partial charge in [-0.1, -0.05) is 30.3 Å². The predicted octanol–water partition coefficient (Wildman–Crippen LogP) is 0.889. The van der Waals surface area contributed by atoms with Gasteiger partial charge in [0.05, 0.1) is 5.92 Å². The number of nitrogens with one attached hydrogen (secondary N) is 1. The zero-order chi connectivity index (χ0) is 14.7. The highest BCUT2D eigenvalue weighted by Gasteiger charge is 2.36. The number of rotatable bonds is 3. The molecule has 0 aromatic heterocycles. The van der Waals surface area contributed by atoms with E-state index in [1.807, 2.05) is 35.2 Å². The van der Waals surface area contributed by atoms with Crippen LogP contribution < -0.4 is 5.32 Å². The standard InChI is InChI=1S/C16H21N3O2.ClH/c20-15-10-14(16(21)18-8-6-17-7-9-18)12-19(15)11-13-4-2-1-3-5-13;/h1-5,14,17H,6-12H2;1H. The summed E-state index contributed by atoms with van der Waals surface area (Å²) in [5.41, 5.74) is 1.11. The number of carbonyl (C=O) groups is 2. The highest BCUT2D eigenvalue weighted by Crippen LogP contribution is 2.22. The molecule has 2 heterocycles. The smallest absolute Gasteiger partial charge is 0.228 e. The molecule has 120 valence electrons. The van der Waals surface area contributed by atoms with Gasteiger partial charge in [0.1, 0.15) is 0 Å². The minimum absolute atomic E-state index is 0. The summed E-state index contributed by atoms with van der Waals surface area (Å²) in [5.74, 6) is 0.0621. The molecule has 3 rings (SSSR count). The summed E-state index contributed by atoms with van der Waals surface area (Å²) in [4.78, 5) is 28.3. The first kappa shape index (κ1) is 16.8. The second-order valence-corrected chi connectivity index (χ2v) is 5.74. The fourth-order valence-corrected chi connectivity index (χ4v) is 3.04. The zero-order valence-electron chi connectivity index (χ0n) is 12.5. The Bertz CT molecular complexity index is 517. The van der Waals surface area contributed by atoms with Gasteiger partial charge in [-0.3, -0.25) is 9.59 Å². The molecule has 6 heteroatoms. The van der Waals surface area contributed by atoms with Crippen LogP contribution in [0.25, 0.3) is 0 Å². The molecule has 2 saturated heterocycles. The molecule has 5 nitrogen and oxygen atoms in total. The molecule has 1 N–H and O–H groups in total. The summed E-state index contributed by atoms with van der Waals surface area (Å²) >= 11 is 0. The van der Waals surface area contributed by atoms with Crippen molar-refractivity contribution in [2.75, 3.05) is 32.7 Å². The number of hydrogen-bond donors (Lipinski definition) is 1. The summed E-state index contributed by atoms with van der Waals surface area (Å²) in [7, 11) is 0. The van der Waals surface area contributed by atoms with Crippen LogP contribution in [0.15, 0.2) is 30.3 Å². The molecule has 1 atom stereocenters. The van der Waals surface area contributed by atoms with Gasteiger partial charge in [0.15, 0.2) is 0 Å². The van der Waals surface area contributed by atoms with Gasteiger partial charge in [-0.2, -0.15) is 0 Å². The Hall–Kier alpha value is -1.59. The molecule has 0 bridgehead atoms. The molecular formula is C16H22ClN3O2. The molecule has 2 amide bonds. The van der Waals surface area contributed by atoms with E-state index in [1.54, 1.807) is 4.90 Å². The molecule has 1 aromatic rings. The van der Waals surface area contributed by atoms with Crippen molar-refractivity contribution in [2.24, 2.45) is 5.92 Å². The SMILES string of the molecule is Cl.O=C1CC(C(=O)N2CCNCC2)CN1Cc1ccccc1. The average molecular weight is 324 g/mol. The fourth-order valence-electron chi connectivity index (χ4n) is 3.04. The third-order valence-electron chi connectivity index (χ3n) is 4.21. The first-order valence-corrected chi connectivity index (χ1v) is 7.55. The lowest BCUT2D eigenvalue weighted by Crippen LogP contribution is -2.48. The molecular weight excluding hydrogens is 302 g/mol. The first-order valence-electron chi connectivity index (χ1n) is 7.55. The van der Waals surface area contributed by atoms with Gasteiger partial charge >= 0.3 is 0 Å². The number of nitrogens with zero attached hydrogens (tertiary/aromatic N) is 2. The number of likely N-dealkylation sites (tertiary alicyclic amines) is 1. The van der Waals surface area contributed by atoms with Crippen molar-refractivity contribution in [3.63, 3.8) is 0 Å². The molecule has 2 aliphatic rings. The zero-order valence-corrected chi connectivity index (χ0v) is 13.3. The van der Waals surface area contributed by atoms with Crippen molar-refractivity contribution in [1.82, 2.24) is 15.1 Å². The lowest BCUT2D eigenvalue weighted by Gasteiger charge is -2.29. The summed E-state index contributed by atoms with van der Waals surface area (Å²) in [6, 6.07) is 9.93. The Morgan fingerprint density at radius 1 is 1.18 bits per heavy atom. The van der Waals surface area contributed by atoms with Crippen LogP contribution in [-0.2, 0) is 16.1 Å². The number of piperazine rings is 1. The summed E-state index contributed by atoms with van der Waals surface area (Å²) in [6.07, 6.45) is 0.357. The van der Waals surface area contributed by atoms with Crippen molar-refractivity contribution in [3.8, 4) is 0 Å². The maximum atomic E-state index is 12.5. The van der Waals surface area contributed by atoms with E-state index in [4.69, 9.17) is 0 Å². The Morgan fingerprint density at radius 3 is 2.55 bits per heavy atom. The van der Waals surface area contributed by atoms with E-state index in [2.05, 4.69) is 5.32 Å². The number of halogens is 1. The summed E-state index contributed by atoms with van der Waals surface area (Å²) in [6.45, 7) is 4.35. The third-order valence-corrected chi connectivity index (χ3v) is 4.21. The minimum Gasteiger partial charge on any atom is -0.340 e. The van der Waals surface area contributed by atoms with E-state index in [-0.39, 0.29) is 30.1 Å². The van der Waals surface area contributed by atoms with Crippen molar-refractivity contribution in [3.05, 3.63) is 35.9 Å². The van der Waals surface area contributed by atoms with Crippen LogP contribution in [0, 0.1) is 5.92 Å². The Labute approximate surface area is 137 Å². The van der Waals surface area contributed by atoms with E-state index >= 15 is 0 Å². The van der Waals surface area contributed by atoms with Crippen molar-refractivity contribution >= 4 is 24.2 Å². The monoisotopic (exact) mass is 323 g/mol. The fraction of sp³-hybridized carbons (Fsp3) is 0.500. The predicted molar refractivity (Wildman–Crippen MR) is 86.7 cm³/mol. The van der Waals surface area contributed by atoms with E-state index in [9.17, 15) is 9.59 Å². The molecule has 2 fully saturated rings. The number of amides is 2. The molecule has 0 spiro atoms. The Morgan fingerprint density at radius 2 is 1.86 bits per heavy atom. The number of benzene rings is 1. The second-order valence-electron chi connectivity index (χ2n) is 5.74. The molecule has 22 heavy (non-hydrogen) atoms. The van der Waals surface area contributed by atoms with Crippen LogP contribution >= 0.6 is 12.4 Å². The number of carbonyl (C=O) groups excluding carboxylic acids is 2. The van der Waals surface area contributed by atoms with Crippen LogP contribution in [0.4, 0.5) is 0 Å². The molecule has 1 aromatic carbocycles. The van der Waals surface area contributed by atoms with Crippen molar-refractivity contribution in [2.45, 2.75) is 13.0 Å². The van der Waals surface area contributed by atoms with Gasteiger partial charge in [0, 0.05) is 45.7 Å². The van der Waals surface area contributed by atoms with Gasteiger partial charge in [0.2, 0.25) is 11.8 Å². The van der Waals surface area contributed by atoms with Gasteiger partial charge in [-0.05, 0) is 5.56 Å². The van der Waals surface area contributed by atoms with Crippen LogP contribution in [-0.4, -0.2) is 54.3 Å². The highest BCUT2D eigenvalue weighted by molar-refractivity contribution is 5.89. The van der Waals surface area contributed by atoms with E-state index in [0.29, 0.717) is 19.5 Å². The largest absolute Gasteiger partial charge is 0.340 e. The van der Waals surface area contributed by atoms with Crippen molar-refractivity contribution < 1.29 is 9.59 Å². The normalized spacial score (nSPS) is 21.6. The van der Waals surface area contributed by atoms with Crippen LogP contribution in [0.5, 0.6) is 0 Å².